The Bertz CT molecular complexity index is 249. The van der Waals surface area contributed by atoms with Crippen LogP contribution in [0, 0.1) is 0 Å². The summed E-state index contributed by atoms with van der Waals surface area (Å²) in [4.78, 5) is 20.9. The molecule has 0 fully saturated rings. The zero-order valence-electron chi connectivity index (χ0n) is 9.03. The topological polar surface area (TPSA) is 72.8 Å². The van der Waals surface area contributed by atoms with Crippen LogP contribution in [-0.4, -0.2) is 42.3 Å². The summed E-state index contributed by atoms with van der Waals surface area (Å²) in [5.74, 6) is -5.75. The van der Waals surface area contributed by atoms with Crippen LogP contribution in [0.4, 0.5) is 8.78 Å². The van der Waals surface area contributed by atoms with Gasteiger partial charge < -0.3 is 14.6 Å². The van der Waals surface area contributed by atoms with E-state index in [1.54, 1.807) is 0 Å². The van der Waals surface area contributed by atoms with E-state index in [1.807, 2.05) is 0 Å². The summed E-state index contributed by atoms with van der Waals surface area (Å²) >= 11 is 0. The van der Waals surface area contributed by atoms with Crippen LogP contribution in [0.15, 0.2) is 0 Å². The Kier molecular flexibility index (Phi) is 5.87. The Labute approximate surface area is 91.3 Å². The maximum atomic E-state index is 12.3. The molecule has 0 aromatic heterocycles. The van der Waals surface area contributed by atoms with Crippen molar-refractivity contribution < 1.29 is 33.0 Å². The van der Waals surface area contributed by atoms with E-state index in [9.17, 15) is 18.4 Å². The lowest BCUT2D eigenvalue weighted by Crippen LogP contribution is -2.28. The molecule has 0 aromatic rings. The summed E-state index contributed by atoms with van der Waals surface area (Å²) in [7, 11) is 0. The molecule has 1 atom stereocenters. The summed E-state index contributed by atoms with van der Waals surface area (Å²) in [5.41, 5.74) is 0. The number of rotatable bonds is 6. The van der Waals surface area contributed by atoms with Gasteiger partial charge in [-0.15, -0.1) is 0 Å². The fraction of sp³-hybridized carbons (Fsp3) is 0.778. The molecule has 0 rings (SSSR count). The lowest BCUT2D eigenvalue weighted by Gasteiger charge is -2.12. The molecule has 5 nitrogen and oxygen atoms in total. The molecule has 0 aliphatic rings. The van der Waals surface area contributed by atoms with E-state index in [0.717, 1.165) is 0 Å². The minimum atomic E-state index is -3.54. The maximum Gasteiger partial charge on any atom is 0.376 e. The van der Waals surface area contributed by atoms with Crippen LogP contribution in [0.1, 0.15) is 20.3 Å². The lowest BCUT2D eigenvalue weighted by molar-refractivity contribution is -0.170. The van der Waals surface area contributed by atoms with E-state index in [2.05, 4.69) is 9.47 Å². The first kappa shape index (κ1) is 14.8. The zero-order valence-corrected chi connectivity index (χ0v) is 9.03. The minimum Gasteiger partial charge on any atom is -0.463 e. The second-order valence-electron chi connectivity index (χ2n) is 3.27. The van der Waals surface area contributed by atoms with Crippen LogP contribution < -0.4 is 0 Å². The van der Waals surface area contributed by atoms with Gasteiger partial charge in [0.25, 0.3) is 0 Å². The average Bonchev–Trinajstić information content (AvgIpc) is 2.13. The van der Waals surface area contributed by atoms with Crippen molar-refractivity contribution in [2.24, 2.45) is 0 Å². The Morgan fingerprint density at radius 3 is 2.38 bits per heavy atom. The molecule has 7 heteroatoms. The smallest absolute Gasteiger partial charge is 0.376 e. The number of halogens is 2. The molecule has 0 aliphatic heterocycles. The van der Waals surface area contributed by atoms with Gasteiger partial charge in [0, 0.05) is 20.3 Å². The first-order valence-corrected chi connectivity index (χ1v) is 4.60. The molecule has 0 saturated heterocycles. The van der Waals surface area contributed by atoms with Gasteiger partial charge in [0.15, 0.2) is 0 Å². The highest BCUT2D eigenvalue weighted by molar-refractivity contribution is 5.76. The van der Waals surface area contributed by atoms with Gasteiger partial charge in [-0.25, -0.2) is 4.79 Å². The SMILES string of the molecule is CC(=O)OCC(O)CCOC(=O)C(C)(F)F. The average molecular weight is 240 g/mol. The molecule has 0 bridgehead atoms. The molecule has 94 valence electrons. The standard InChI is InChI=1S/C9H14F2O5/c1-6(12)16-5-7(13)3-4-15-8(14)9(2,10)11/h7,13H,3-5H2,1-2H3. The highest BCUT2D eigenvalue weighted by Crippen LogP contribution is 2.13. The number of ether oxygens (including phenoxy) is 2. The predicted molar refractivity (Wildman–Crippen MR) is 48.8 cm³/mol. The van der Waals surface area contributed by atoms with Crippen LogP contribution >= 0.6 is 0 Å². The molecular weight excluding hydrogens is 226 g/mol. The highest BCUT2D eigenvalue weighted by atomic mass is 19.3. The lowest BCUT2D eigenvalue weighted by atomic mass is 10.3. The molecule has 1 unspecified atom stereocenters. The summed E-state index contributed by atoms with van der Waals surface area (Å²) in [6.45, 7) is 0.981. The summed E-state index contributed by atoms with van der Waals surface area (Å²) < 4.78 is 33.2. The van der Waals surface area contributed by atoms with Crippen molar-refractivity contribution in [3.8, 4) is 0 Å². The molecule has 0 heterocycles. The van der Waals surface area contributed by atoms with E-state index in [0.29, 0.717) is 6.92 Å². The Morgan fingerprint density at radius 1 is 1.38 bits per heavy atom. The first-order valence-electron chi connectivity index (χ1n) is 4.60. The Hall–Kier alpha value is -1.24. The fourth-order valence-corrected chi connectivity index (χ4v) is 0.711. The molecule has 0 aliphatic carbocycles. The molecule has 0 aromatic carbocycles. The van der Waals surface area contributed by atoms with E-state index in [1.165, 1.54) is 6.92 Å². The number of carbonyl (C=O) groups excluding carboxylic acids is 2. The van der Waals surface area contributed by atoms with Crippen LogP contribution in [0.2, 0.25) is 0 Å². The van der Waals surface area contributed by atoms with Gasteiger partial charge in [-0.3, -0.25) is 4.79 Å². The van der Waals surface area contributed by atoms with Crippen molar-refractivity contribution in [3.63, 3.8) is 0 Å². The fourth-order valence-electron chi connectivity index (χ4n) is 0.711. The third-order valence-electron chi connectivity index (χ3n) is 1.52. The van der Waals surface area contributed by atoms with E-state index < -0.39 is 24.0 Å². The number of aliphatic hydroxyl groups is 1. The monoisotopic (exact) mass is 240 g/mol. The van der Waals surface area contributed by atoms with Gasteiger partial charge in [0.05, 0.1) is 12.7 Å². The van der Waals surface area contributed by atoms with Crippen molar-refractivity contribution in [3.05, 3.63) is 0 Å². The van der Waals surface area contributed by atoms with Crippen molar-refractivity contribution in [1.82, 2.24) is 0 Å². The van der Waals surface area contributed by atoms with Crippen LogP contribution in [-0.2, 0) is 19.1 Å². The predicted octanol–water partition coefficient (Wildman–Crippen LogP) is 0.499. The minimum absolute atomic E-state index is 0.0743. The summed E-state index contributed by atoms with van der Waals surface area (Å²) in [6, 6.07) is 0. The summed E-state index contributed by atoms with van der Waals surface area (Å²) in [5, 5.41) is 9.16. The third-order valence-corrected chi connectivity index (χ3v) is 1.52. The molecule has 0 saturated carbocycles. The van der Waals surface area contributed by atoms with Crippen molar-refractivity contribution in [2.75, 3.05) is 13.2 Å². The number of hydrogen-bond donors (Lipinski definition) is 1. The van der Waals surface area contributed by atoms with Gasteiger partial charge in [-0.1, -0.05) is 0 Å². The second kappa shape index (κ2) is 6.37. The van der Waals surface area contributed by atoms with Gasteiger partial charge in [0.1, 0.15) is 6.61 Å². The van der Waals surface area contributed by atoms with E-state index in [4.69, 9.17) is 5.11 Å². The first-order chi connectivity index (χ1) is 7.23. The highest BCUT2D eigenvalue weighted by Gasteiger charge is 2.34. The molecule has 16 heavy (non-hydrogen) atoms. The molecular formula is C9H14F2O5. The Balaban J connectivity index is 3.66. The maximum absolute atomic E-state index is 12.3. The summed E-state index contributed by atoms with van der Waals surface area (Å²) in [6.07, 6.45) is -1.11. The molecule has 0 spiro atoms. The van der Waals surface area contributed by atoms with Gasteiger partial charge >= 0.3 is 17.9 Å². The number of alkyl halides is 2. The number of esters is 2. The van der Waals surface area contributed by atoms with Gasteiger partial charge in [0.2, 0.25) is 0 Å². The van der Waals surface area contributed by atoms with Gasteiger partial charge in [-0.05, 0) is 0 Å². The van der Waals surface area contributed by atoms with Crippen molar-refractivity contribution in [1.29, 1.82) is 0 Å². The second-order valence-corrected chi connectivity index (χ2v) is 3.27. The van der Waals surface area contributed by atoms with Crippen LogP contribution in [0.5, 0.6) is 0 Å². The van der Waals surface area contributed by atoms with Crippen LogP contribution in [0.25, 0.3) is 0 Å². The van der Waals surface area contributed by atoms with E-state index in [-0.39, 0.29) is 19.6 Å². The molecule has 0 amide bonds. The largest absolute Gasteiger partial charge is 0.463 e. The number of aliphatic hydroxyl groups excluding tert-OH is 1. The van der Waals surface area contributed by atoms with Crippen LogP contribution in [0.3, 0.4) is 0 Å². The van der Waals surface area contributed by atoms with Crippen molar-refractivity contribution >= 4 is 11.9 Å². The normalized spacial score (nSPS) is 13.1. The van der Waals surface area contributed by atoms with Crippen molar-refractivity contribution in [2.45, 2.75) is 32.3 Å². The molecule has 1 N–H and O–H groups in total. The third kappa shape index (κ3) is 7.10. The van der Waals surface area contributed by atoms with Gasteiger partial charge in [-0.2, -0.15) is 8.78 Å². The Morgan fingerprint density at radius 2 is 1.94 bits per heavy atom. The van der Waals surface area contributed by atoms with E-state index >= 15 is 0 Å². The zero-order chi connectivity index (χ0) is 12.8. The molecule has 0 radical (unpaired) electrons. The number of hydrogen-bond acceptors (Lipinski definition) is 5. The number of carbonyl (C=O) groups is 2. The quantitative estimate of drug-likeness (QED) is 0.684.